The topological polar surface area (TPSA) is 0 Å². The quantitative estimate of drug-likeness (QED) is 0.427. The highest BCUT2D eigenvalue weighted by atomic mass is 15.3. The minimum absolute atomic E-state index is 0.460. The molecule has 0 saturated heterocycles. The average molecular weight is 242 g/mol. The van der Waals surface area contributed by atoms with Crippen molar-refractivity contribution in [2.24, 2.45) is 11.3 Å². The summed E-state index contributed by atoms with van der Waals surface area (Å²) >= 11 is 0. The Morgan fingerprint density at radius 1 is 1.00 bits per heavy atom. The largest absolute Gasteiger partial charge is 0.326 e. The molecule has 0 aromatic heterocycles. The Hall–Kier alpha value is -0.0400. The molecule has 0 aliphatic heterocycles. The number of quaternary nitrogens is 1. The van der Waals surface area contributed by atoms with E-state index in [4.69, 9.17) is 0 Å². The third kappa shape index (κ3) is 7.08. The number of rotatable bonds is 8. The summed E-state index contributed by atoms with van der Waals surface area (Å²) in [5.74, 6) is 0.817. The second-order valence-corrected chi connectivity index (χ2v) is 7.15. The van der Waals surface area contributed by atoms with Gasteiger partial charge in [0.2, 0.25) is 0 Å². The predicted octanol–water partition coefficient (Wildman–Crippen LogP) is 4.72. The summed E-state index contributed by atoms with van der Waals surface area (Å²) < 4.78 is 1.26. The lowest BCUT2D eigenvalue weighted by Gasteiger charge is -2.36. The van der Waals surface area contributed by atoms with E-state index in [9.17, 15) is 0 Å². The molecule has 2 unspecified atom stereocenters. The molecule has 0 amide bonds. The number of nitrogens with zero attached hydrogens (tertiary/aromatic N) is 1. The van der Waals surface area contributed by atoms with Gasteiger partial charge in [0, 0.05) is 0 Å². The summed E-state index contributed by atoms with van der Waals surface area (Å²) in [4.78, 5) is 0. The summed E-state index contributed by atoms with van der Waals surface area (Å²) in [5.41, 5.74) is 0.460. The molecule has 0 spiro atoms. The molecule has 0 bridgehead atoms. The fourth-order valence-corrected chi connectivity index (χ4v) is 2.11. The molecule has 0 aliphatic carbocycles. The van der Waals surface area contributed by atoms with Gasteiger partial charge in [0.25, 0.3) is 0 Å². The van der Waals surface area contributed by atoms with Gasteiger partial charge in [-0.05, 0) is 37.5 Å². The summed E-state index contributed by atoms with van der Waals surface area (Å²) in [6.45, 7) is 18.1. The van der Waals surface area contributed by atoms with Crippen LogP contribution in [0.3, 0.4) is 0 Å². The molecule has 17 heavy (non-hydrogen) atoms. The van der Waals surface area contributed by atoms with Gasteiger partial charge in [0.15, 0.2) is 0 Å². The Morgan fingerprint density at radius 2 is 1.59 bits per heavy atom. The first-order chi connectivity index (χ1) is 7.75. The van der Waals surface area contributed by atoms with E-state index in [2.05, 4.69) is 48.6 Å². The zero-order chi connectivity index (χ0) is 13.5. The third-order valence-electron chi connectivity index (χ3n) is 4.65. The normalized spacial score (nSPS) is 17.8. The second kappa shape index (κ2) is 7.41. The molecule has 0 heterocycles. The van der Waals surface area contributed by atoms with E-state index in [0.717, 1.165) is 5.92 Å². The smallest absolute Gasteiger partial charge is 0.0787 e. The Labute approximate surface area is 110 Å². The van der Waals surface area contributed by atoms with Crippen LogP contribution in [0.25, 0.3) is 0 Å². The van der Waals surface area contributed by atoms with Crippen molar-refractivity contribution < 1.29 is 4.48 Å². The Morgan fingerprint density at radius 3 is 2.00 bits per heavy atom. The Balaban J connectivity index is 4.11. The summed E-state index contributed by atoms with van der Waals surface area (Å²) in [6, 6.07) is 0. The van der Waals surface area contributed by atoms with Crippen LogP contribution in [0.5, 0.6) is 0 Å². The van der Waals surface area contributed by atoms with Crippen LogP contribution in [0.15, 0.2) is 0 Å². The fraction of sp³-hybridized carbons (Fsp3) is 1.00. The van der Waals surface area contributed by atoms with Gasteiger partial charge in [-0.15, -0.1) is 0 Å². The molecular weight excluding hydrogens is 206 g/mol. The van der Waals surface area contributed by atoms with Crippen LogP contribution >= 0.6 is 0 Å². The van der Waals surface area contributed by atoms with E-state index in [1.54, 1.807) is 0 Å². The van der Waals surface area contributed by atoms with Crippen LogP contribution in [-0.4, -0.2) is 31.2 Å². The van der Waals surface area contributed by atoms with Gasteiger partial charge in [-0.1, -0.05) is 41.0 Å². The van der Waals surface area contributed by atoms with E-state index < -0.39 is 0 Å². The SMILES string of the molecule is CCCCC[N+](C)(CC)CCC(C)C(C)(C)C. The maximum Gasteiger partial charge on any atom is 0.0787 e. The standard InChI is InChI=1S/C16H36N/c1-8-10-11-13-17(7,9-2)14-12-15(3)16(4,5)6/h15H,8-14H2,1-7H3/q+1. The lowest BCUT2D eigenvalue weighted by molar-refractivity contribution is -0.908. The van der Waals surface area contributed by atoms with Gasteiger partial charge in [0.05, 0.1) is 26.7 Å². The summed E-state index contributed by atoms with van der Waals surface area (Å²) in [7, 11) is 2.44. The monoisotopic (exact) mass is 242 g/mol. The van der Waals surface area contributed by atoms with E-state index >= 15 is 0 Å². The highest BCUT2D eigenvalue weighted by Gasteiger charge is 2.25. The molecule has 0 rings (SSSR count). The molecular formula is C16H36N+. The molecule has 2 atom stereocenters. The van der Waals surface area contributed by atoms with Gasteiger partial charge in [-0.25, -0.2) is 0 Å². The van der Waals surface area contributed by atoms with Crippen molar-refractivity contribution in [1.82, 2.24) is 0 Å². The van der Waals surface area contributed by atoms with E-state index in [0.29, 0.717) is 5.41 Å². The molecule has 1 nitrogen and oxygen atoms in total. The van der Waals surface area contributed by atoms with Crippen LogP contribution < -0.4 is 0 Å². The van der Waals surface area contributed by atoms with Crippen LogP contribution in [-0.2, 0) is 0 Å². The number of hydrogen-bond acceptors (Lipinski definition) is 0. The van der Waals surface area contributed by atoms with E-state index in [1.807, 2.05) is 0 Å². The maximum atomic E-state index is 2.44. The van der Waals surface area contributed by atoms with Crippen molar-refractivity contribution in [3.05, 3.63) is 0 Å². The van der Waals surface area contributed by atoms with Crippen LogP contribution in [0, 0.1) is 11.3 Å². The molecule has 1 heteroatoms. The van der Waals surface area contributed by atoms with Crippen LogP contribution in [0.4, 0.5) is 0 Å². The predicted molar refractivity (Wildman–Crippen MR) is 79.2 cm³/mol. The first kappa shape index (κ1) is 17.0. The molecule has 0 aromatic rings. The van der Waals surface area contributed by atoms with Gasteiger partial charge >= 0.3 is 0 Å². The molecule has 0 aromatic carbocycles. The minimum Gasteiger partial charge on any atom is -0.326 e. The summed E-state index contributed by atoms with van der Waals surface area (Å²) in [6.07, 6.45) is 5.48. The van der Waals surface area contributed by atoms with Crippen LogP contribution in [0.2, 0.25) is 0 Å². The third-order valence-corrected chi connectivity index (χ3v) is 4.65. The molecule has 0 saturated carbocycles. The second-order valence-electron chi connectivity index (χ2n) is 7.15. The van der Waals surface area contributed by atoms with E-state index in [1.165, 1.54) is 49.8 Å². The van der Waals surface area contributed by atoms with Gasteiger partial charge in [-0.2, -0.15) is 0 Å². The number of unbranched alkanes of at least 4 members (excludes halogenated alkanes) is 2. The number of hydrogen-bond donors (Lipinski definition) is 0. The first-order valence-electron chi connectivity index (χ1n) is 7.58. The first-order valence-corrected chi connectivity index (χ1v) is 7.58. The van der Waals surface area contributed by atoms with Gasteiger partial charge in [-0.3, -0.25) is 0 Å². The Kier molecular flexibility index (Phi) is 7.39. The zero-order valence-electron chi connectivity index (χ0n) is 13.5. The van der Waals surface area contributed by atoms with Gasteiger partial charge in [0.1, 0.15) is 0 Å². The lowest BCUT2D eigenvalue weighted by atomic mass is 9.80. The highest BCUT2D eigenvalue weighted by Crippen LogP contribution is 2.28. The van der Waals surface area contributed by atoms with Crippen molar-refractivity contribution in [2.45, 2.75) is 67.2 Å². The fourth-order valence-electron chi connectivity index (χ4n) is 2.11. The minimum atomic E-state index is 0.460. The highest BCUT2D eigenvalue weighted by molar-refractivity contribution is 4.69. The van der Waals surface area contributed by atoms with E-state index in [-0.39, 0.29) is 0 Å². The maximum absolute atomic E-state index is 2.44. The van der Waals surface area contributed by atoms with Crippen molar-refractivity contribution in [2.75, 3.05) is 26.7 Å². The summed E-state index contributed by atoms with van der Waals surface area (Å²) in [5, 5.41) is 0. The van der Waals surface area contributed by atoms with Crippen molar-refractivity contribution >= 4 is 0 Å². The Bertz CT molecular complexity index is 192. The molecule has 0 radical (unpaired) electrons. The zero-order valence-corrected chi connectivity index (χ0v) is 13.5. The van der Waals surface area contributed by atoms with Gasteiger partial charge < -0.3 is 4.48 Å². The molecule has 0 aliphatic rings. The molecule has 0 N–H and O–H groups in total. The van der Waals surface area contributed by atoms with Crippen LogP contribution in [0.1, 0.15) is 67.2 Å². The lowest BCUT2D eigenvalue weighted by Crippen LogP contribution is -2.46. The molecule has 104 valence electrons. The van der Waals surface area contributed by atoms with Crippen molar-refractivity contribution in [3.8, 4) is 0 Å². The van der Waals surface area contributed by atoms with Crippen molar-refractivity contribution in [1.29, 1.82) is 0 Å². The molecule has 0 fully saturated rings. The van der Waals surface area contributed by atoms with Crippen molar-refractivity contribution in [3.63, 3.8) is 0 Å². The average Bonchev–Trinajstić information content (AvgIpc) is 2.25.